The van der Waals surface area contributed by atoms with Gasteiger partial charge in [0.1, 0.15) is 0 Å². The molecular weight excluding hydrogens is 268 g/mol. The second-order valence-electron chi connectivity index (χ2n) is 5.73. The van der Waals surface area contributed by atoms with Crippen LogP contribution in [0.15, 0.2) is 84.9 Å². The molecule has 0 spiro atoms. The Morgan fingerprint density at radius 2 is 1.05 bits per heavy atom. The van der Waals surface area contributed by atoms with Crippen molar-refractivity contribution in [1.82, 2.24) is 0 Å². The summed E-state index contributed by atoms with van der Waals surface area (Å²) in [5, 5.41) is 0. The lowest BCUT2D eigenvalue weighted by molar-refractivity contribution is 0.0968. The van der Waals surface area contributed by atoms with Gasteiger partial charge < -0.3 is 0 Å². The van der Waals surface area contributed by atoms with Gasteiger partial charge in [0.05, 0.1) is 5.92 Å². The van der Waals surface area contributed by atoms with Crippen LogP contribution in [0.2, 0.25) is 0 Å². The Morgan fingerprint density at radius 1 is 0.545 bits per heavy atom. The molecule has 0 N–H and O–H groups in total. The maximum Gasteiger partial charge on any atom is 0.171 e. The maximum atomic E-state index is 13.0. The maximum absolute atomic E-state index is 13.0. The third-order valence-corrected chi connectivity index (χ3v) is 4.49. The first kappa shape index (κ1) is 13.0. The fourth-order valence-corrected chi connectivity index (χ4v) is 3.53. The number of ketones is 1. The second-order valence-corrected chi connectivity index (χ2v) is 5.73. The standard InChI is InChI=1S/C21H16O/c22-21-18-14-8-7-13-17(18)19(15-9-3-1-4-10-15)20(21)16-11-5-2-6-12-16/h1-14,19-20H/t19-,20?/m0/s1. The molecule has 0 heterocycles. The molecule has 1 aliphatic rings. The first-order valence-corrected chi connectivity index (χ1v) is 7.59. The van der Waals surface area contributed by atoms with E-state index in [9.17, 15) is 4.79 Å². The lowest BCUT2D eigenvalue weighted by Gasteiger charge is -2.20. The van der Waals surface area contributed by atoms with Crippen molar-refractivity contribution in [3.63, 3.8) is 0 Å². The molecule has 0 saturated carbocycles. The van der Waals surface area contributed by atoms with E-state index < -0.39 is 0 Å². The summed E-state index contributed by atoms with van der Waals surface area (Å²) in [6, 6.07) is 28.5. The zero-order valence-corrected chi connectivity index (χ0v) is 12.1. The number of hydrogen-bond acceptors (Lipinski definition) is 1. The predicted molar refractivity (Wildman–Crippen MR) is 88.2 cm³/mol. The molecule has 0 radical (unpaired) electrons. The summed E-state index contributed by atoms with van der Waals surface area (Å²) < 4.78 is 0. The van der Waals surface area contributed by atoms with Crippen LogP contribution >= 0.6 is 0 Å². The van der Waals surface area contributed by atoms with Gasteiger partial charge in [0.25, 0.3) is 0 Å². The van der Waals surface area contributed by atoms with Gasteiger partial charge in [-0.2, -0.15) is 0 Å². The highest BCUT2D eigenvalue weighted by atomic mass is 16.1. The zero-order chi connectivity index (χ0) is 14.9. The van der Waals surface area contributed by atoms with Crippen molar-refractivity contribution in [3.8, 4) is 0 Å². The predicted octanol–water partition coefficient (Wildman–Crippen LogP) is 4.80. The molecule has 106 valence electrons. The molecule has 0 amide bonds. The van der Waals surface area contributed by atoms with Gasteiger partial charge in [-0.1, -0.05) is 84.9 Å². The number of fused-ring (bicyclic) bond motifs is 1. The Labute approximate surface area is 130 Å². The fourth-order valence-electron chi connectivity index (χ4n) is 3.53. The summed E-state index contributed by atoms with van der Waals surface area (Å²) in [5.41, 5.74) is 4.31. The fraction of sp³-hybridized carbons (Fsp3) is 0.0952. The van der Waals surface area contributed by atoms with E-state index >= 15 is 0 Å². The van der Waals surface area contributed by atoms with Gasteiger partial charge >= 0.3 is 0 Å². The lowest BCUT2D eigenvalue weighted by Crippen LogP contribution is -2.12. The molecule has 1 aliphatic carbocycles. The van der Waals surface area contributed by atoms with Gasteiger partial charge in [0, 0.05) is 11.5 Å². The minimum absolute atomic E-state index is 0.104. The third kappa shape index (κ3) is 1.98. The summed E-state index contributed by atoms with van der Waals surface area (Å²) in [6.45, 7) is 0. The van der Waals surface area contributed by atoms with Gasteiger partial charge in [0.2, 0.25) is 0 Å². The van der Waals surface area contributed by atoms with Crippen molar-refractivity contribution in [2.75, 3.05) is 0 Å². The van der Waals surface area contributed by atoms with Gasteiger partial charge in [-0.3, -0.25) is 4.79 Å². The average Bonchev–Trinajstić information content (AvgIpc) is 2.90. The van der Waals surface area contributed by atoms with Crippen LogP contribution in [0.3, 0.4) is 0 Å². The number of rotatable bonds is 2. The smallest absolute Gasteiger partial charge is 0.171 e. The van der Waals surface area contributed by atoms with E-state index in [1.54, 1.807) is 0 Å². The van der Waals surface area contributed by atoms with Crippen molar-refractivity contribution in [2.45, 2.75) is 11.8 Å². The summed E-state index contributed by atoms with van der Waals surface area (Å²) >= 11 is 0. The topological polar surface area (TPSA) is 17.1 Å². The van der Waals surface area contributed by atoms with Crippen molar-refractivity contribution in [1.29, 1.82) is 0 Å². The van der Waals surface area contributed by atoms with Crippen LogP contribution < -0.4 is 0 Å². The molecule has 3 aromatic carbocycles. The van der Waals surface area contributed by atoms with Crippen LogP contribution in [0.1, 0.15) is 38.9 Å². The molecule has 1 unspecified atom stereocenters. The molecule has 22 heavy (non-hydrogen) atoms. The third-order valence-electron chi connectivity index (χ3n) is 4.49. The van der Waals surface area contributed by atoms with Crippen LogP contribution in [0.5, 0.6) is 0 Å². The van der Waals surface area contributed by atoms with Crippen molar-refractivity contribution < 1.29 is 4.79 Å². The molecule has 4 rings (SSSR count). The molecule has 0 saturated heterocycles. The highest BCUT2D eigenvalue weighted by Gasteiger charge is 2.40. The average molecular weight is 284 g/mol. The Bertz CT molecular complexity index is 806. The van der Waals surface area contributed by atoms with Gasteiger partial charge in [-0.05, 0) is 16.7 Å². The van der Waals surface area contributed by atoms with Gasteiger partial charge in [0.15, 0.2) is 5.78 Å². The first-order valence-electron chi connectivity index (χ1n) is 7.59. The summed E-state index contributed by atoms with van der Waals surface area (Å²) in [4.78, 5) is 13.0. The van der Waals surface area contributed by atoms with E-state index in [4.69, 9.17) is 0 Å². The van der Waals surface area contributed by atoms with Crippen LogP contribution in [0.4, 0.5) is 0 Å². The van der Waals surface area contributed by atoms with Crippen LogP contribution in [-0.2, 0) is 0 Å². The molecule has 1 heteroatoms. The van der Waals surface area contributed by atoms with Crippen LogP contribution in [0, 0.1) is 0 Å². The quantitative estimate of drug-likeness (QED) is 0.660. The minimum Gasteiger partial charge on any atom is -0.293 e. The molecule has 0 fully saturated rings. The number of hydrogen-bond donors (Lipinski definition) is 0. The summed E-state index contributed by atoms with van der Waals surface area (Å²) in [5.74, 6) is 0.212. The number of Topliss-reactive ketones (excluding diaryl/α,β-unsaturated/α-hetero) is 1. The molecule has 2 atom stereocenters. The molecular formula is C21H16O. The van der Waals surface area contributed by atoms with Crippen molar-refractivity contribution in [2.24, 2.45) is 0 Å². The van der Waals surface area contributed by atoms with Crippen LogP contribution in [-0.4, -0.2) is 5.78 Å². The molecule has 0 aliphatic heterocycles. The zero-order valence-electron chi connectivity index (χ0n) is 12.1. The van der Waals surface area contributed by atoms with Crippen molar-refractivity contribution in [3.05, 3.63) is 107 Å². The highest BCUT2D eigenvalue weighted by molar-refractivity contribution is 6.07. The number of carbonyl (C=O) groups is 1. The number of carbonyl (C=O) groups excluding carboxylic acids is 1. The minimum atomic E-state index is -0.124. The lowest BCUT2D eigenvalue weighted by atomic mass is 9.81. The molecule has 0 aromatic heterocycles. The van der Waals surface area contributed by atoms with E-state index in [-0.39, 0.29) is 17.6 Å². The Hall–Kier alpha value is -2.67. The normalized spacial score (nSPS) is 19.9. The Kier molecular flexibility index (Phi) is 3.12. The molecule has 1 nitrogen and oxygen atoms in total. The van der Waals surface area contributed by atoms with E-state index in [2.05, 4.69) is 30.3 Å². The van der Waals surface area contributed by atoms with E-state index in [0.29, 0.717) is 0 Å². The highest BCUT2D eigenvalue weighted by Crippen LogP contribution is 2.47. The van der Waals surface area contributed by atoms with E-state index in [1.807, 2.05) is 54.6 Å². The molecule has 3 aromatic rings. The second kappa shape index (κ2) is 5.27. The van der Waals surface area contributed by atoms with E-state index in [1.165, 1.54) is 5.56 Å². The van der Waals surface area contributed by atoms with Crippen molar-refractivity contribution >= 4 is 5.78 Å². The molecule has 0 bridgehead atoms. The SMILES string of the molecule is O=C1c2ccccc2[C@H](c2ccccc2)C1c1ccccc1. The van der Waals surface area contributed by atoms with Gasteiger partial charge in [-0.25, -0.2) is 0 Å². The summed E-state index contributed by atoms with van der Waals surface area (Å²) in [7, 11) is 0. The Morgan fingerprint density at radius 3 is 1.68 bits per heavy atom. The Balaban J connectivity index is 1.92. The monoisotopic (exact) mass is 284 g/mol. The first-order chi connectivity index (χ1) is 10.9. The largest absolute Gasteiger partial charge is 0.293 e. The number of benzene rings is 3. The van der Waals surface area contributed by atoms with E-state index in [0.717, 1.165) is 16.7 Å². The van der Waals surface area contributed by atoms with Crippen LogP contribution in [0.25, 0.3) is 0 Å². The van der Waals surface area contributed by atoms with Gasteiger partial charge in [-0.15, -0.1) is 0 Å². The summed E-state index contributed by atoms with van der Waals surface area (Å²) in [6.07, 6.45) is 0.